The third-order valence-corrected chi connectivity index (χ3v) is 3.04. The molecule has 1 aromatic carbocycles. The van der Waals surface area contributed by atoms with E-state index < -0.39 is 0 Å². The van der Waals surface area contributed by atoms with Gasteiger partial charge in [-0.2, -0.15) is 0 Å². The van der Waals surface area contributed by atoms with E-state index in [-0.39, 0.29) is 0 Å². The average molecular weight is 226 g/mol. The first kappa shape index (κ1) is 10.1. The smallest absolute Gasteiger partial charge is 0.126 e. The second-order valence-corrected chi connectivity index (χ2v) is 4.27. The van der Waals surface area contributed by atoms with Gasteiger partial charge in [0, 0.05) is 19.0 Å². The standard InChI is InChI=1S/C14H14N2O/c15-13-9-10(4-6-16-13)8-12-3-1-2-11-5-7-17-14(11)12/h1-4,6,9H,5,7-8H2,(H2,15,16). The molecule has 0 atom stereocenters. The number of para-hydroxylation sites is 1. The molecule has 86 valence electrons. The largest absolute Gasteiger partial charge is 0.493 e. The Kier molecular flexibility index (Phi) is 2.44. The van der Waals surface area contributed by atoms with Gasteiger partial charge in [0.05, 0.1) is 6.61 Å². The van der Waals surface area contributed by atoms with Gasteiger partial charge in [0.1, 0.15) is 11.6 Å². The van der Waals surface area contributed by atoms with Crippen molar-refractivity contribution in [3.63, 3.8) is 0 Å². The summed E-state index contributed by atoms with van der Waals surface area (Å²) in [7, 11) is 0. The van der Waals surface area contributed by atoms with Crippen LogP contribution in [-0.2, 0) is 12.8 Å². The first-order valence-electron chi connectivity index (χ1n) is 5.77. The van der Waals surface area contributed by atoms with Gasteiger partial charge in [-0.25, -0.2) is 4.98 Å². The van der Waals surface area contributed by atoms with E-state index in [4.69, 9.17) is 10.5 Å². The monoisotopic (exact) mass is 226 g/mol. The molecule has 0 saturated carbocycles. The molecular weight excluding hydrogens is 212 g/mol. The molecule has 0 amide bonds. The van der Waals surface area contributed by atoms with Crippen LogP contribution < -0.4 is 10.5 Å². The maximum atomic E-state index is 5.69. The van der Waals surface area contributed by atoms with Gasteiger partial charge in [-0.1, -0.05) is 18.2 Å². The van der Waals surface area contributed by atoms with E-state index in [0.717, 1.165) is 25.2 Å². The zero-order valence-electron chi connectivity index (χ0n) is 9.52. The van der Waals surface area contributed by atoms with Crippen LogP contribution in [0.25, 0.3) is 0 Å². The van der Waals surface area contributed by atoms with Crippen molar-refractivity contribution in [3.8, 4) is 5.75 Å². The number of benzene rings is 1. The molecule has 0 spiro atoms. The van der Waals surface area contributed by atoms with Gasteiger partial charge in [0.15, 0.2) is 0 Å². The number of ether oxygens (including phenoxy) is 1. The summed E-state index contributed by atoms with van der Waals surface area (Å²) in [5.41, 5.74) is 9.39. The van der Waals surface area contributed by atoms with Crippen molar-refractivity contribution in [3.05, 3.63) is 53.2 Å². The van der Waals surface area contributed by atoms with Crippen LogP contribution >= 0.6 is 0 Å². The summed E-state index contributed by atoms with van der Waals surface area (Å²) >= 11 is 0. The van der Waals surface area contributed by atoms with Crippen molar-refractivity contribution in [2.24, 2.45) is 0 Å². The fourth-order valence-electron chi connectivity index (χ4n) is 2.25. The molecule has 0 fully saturated rings. The molecule has 2 N–H and O–H groups in total. The van der Waals surface area contributed by atoms with Crippen LogP contribution in [-0.4, -0.2) is 11.6 Å². The molecular formula is C14H14N2O. The zero-order chi connectivity index (χ0) is 11.7. The molecule has 2 heterocycles. The fraction of sp³-hybridized carbons (Fsp3) is 0.214. The summed E-state index contributed by atoms with van der Waals surface area (Å²) in [6, 6.07) is 10.2. The molecule has 2 aromatic rings. The van der Waals surface area contributed by atoms with Crippen molar-refractivity contribution in [1.29, 1.82) is 0 Å². The van der Waals surface area contributed by atoms with Gasteiger partial charge in [0.25, 0.3) is 0 Å². The van der Waals surface area contributed by atoms with Gasteiger partial charge in [-0.3, -0.25) is 0 Å². The maximum absolute atomic E-state index is 5.69. The lowest BCUT2D eigenvalue weighted by molar-refractivity contribution is 0.354. The van der Waals surface area contributed by atoms with Gasteiger partial charge in [-0.05, 0) is 28.8 Å². The number of nitrogen functional groups attached to an aromatic ring is 1. The van der Waals surface area contributed by atoms with Gasteiger partial charge < -0.3 is 10.5 Å². The third-order valence-electron chi connectivity index (χ3n) is 3.04. The number of hydrogen-bond donors (Lipinski definition) is 1. The third kappa shape index (κ3) is 1.96. The summed E-state index contributed by atoms with van der Waals surface area (Å²) in [6.45, 7) is 0.796. The summed E-state index contributed by atoms with van der Waals surface area (Å²) in [5.74, 6) is 1.62. The second-order valence-electron chi connectivity index (χ2n) is 4.27. The van der Waals surface area contributed by atoms with E-state index in [1.54, 1.807) is 6.20 Å². The molecule has 0 radical (unpaired) electrons. The first-order valence-corrected chi connectivity index (χ1v) is 5.77. The highest BCUT2D eigenvalue weighted by Crippen LogP contribution is 2.30. The predicted octanol–water partition coefficient (Wildman–Crippen LogP) is 2.19. The lowest BCUT2D eigenvalue weighted by Gasteiger charge is -2.08. The van der Waals surface area contributed by atoms with Crippen LogP contribution in [0.1, 0.15) is 16.7 Å². The number of rotatable bonds is 2. The summed E-state index contributed by atoms with van der Waals surface area (Å²) < 4.78 is 5.69. The number of aromatic nitrogens is 1. The van der Waals surface area contributed by atoms with E-state index >= 15 is 0 Å². The van der Waals surface area contributed by atoms with E-state index in [2.05, 4.69) is 23.2 Å². The van der Waals surface area contributed by atoms with Crippen molar-refractivity contribution >= 4 is 5.82 Å². The first-order chi connectivity index (χ1) is 8.33. The molecule has 0 aliphatic carbocycles. The Hall–Kier alpha value is -2.03. The zero-order valence-corrected chi connectivity index (χ0v) is 9.52. The molecule has 0 unspecified atom stereocenters. The Morgan fingerprint density at radius 3 is 3.12 bits per heavy atom. The van der Waals surface area contributed by atoms with Gasteiger partial charge in [0.2, 0.25) is 0 Å². The minimum Gasteiger partial charge on any atom is -0.493 e. The summed E-state index contributed by atoms with van der Waals surface area (Å²) in [4.78, 5) is 4.00. The molecule has 3 heteroatoms. The fourth-order valence-corrected chi connectivity index (χ4v) is 2.25. The Bertz CT molecular complexity index is 552. The molecule has 3 nitrogen and oxygen atoms in total. The minimum absolute atomic E-state index is 0.566. The quantitative estimate of drug-likeness (QED) is 0.853. The lowest BCUT2D eigenvalue weighted by atomic mass is 10.0. The normalized spacial score (nSPS) is 13.2. The van der Waals surface area contributed by atoms with Crippen molar-refractivity contribution < 1.29 is 4.74 Å². The molecule has 17 heavy (non-hydrogen) atoms. The minimum atomic E-state index is 0.566. The van der Waals surface area contributed by atoms with E-state index in [1.165, 1.54) is 16.7 Å². The van der Waals surface area contributed by atoms with Crippen molar-refractivity contribution in [1.82, 2.24) is 4.98 Å². The molecule has 3 rings (SSSR count). The number of fused-ring (bicyclic) bond motifs is 1. The Labute approximate surface area is 100 Å². The van der Waals surface area contributed by atoms with Crippen LogP contribution in [0.2, 0.25) is 0 Å². The number of nitrogens with zero attached hydrogens (tertiary/aromatic N) is 1. The summed E-state index contributed by atoms with van der Waals surface area (Å²) in [6.07, 6.45) is 3.60. The van der Waals surface area contributed by atoms with E-state index in [9.17, 15) is 0 Å². The highest BCUT2D eigenvalue weighted by molar-refractivity contribution is 5.46. The van der Waals surface area contributed by atoms with E-state index in [0.29, 0.717) is 5.82 Å². The number of anilines is 1. The molecule has 1 aromatic heterocycles. The summed E-state index contributed by atoms with van der Waals surface area (Å²) in [5, 5.41) is 0. The Balaban J connectivity index is 1.93. The van der Waals surface area contributed by atoms with Crippen LogP contribution in [0.3, 0.4) is 0 Å². The van der Waals surface area contributed by atoms with Gasteiger partial charge in [-0.15, -0.1) is 0 Å². The molecule has 0 saturated heterocycles. The second kappa shape index (κ2) is 4.09. The van der Waals surface area contributed by atoms with Crippen LogP contribution in [0.4, 0.5) is 5.82 Å². The lowest BCUT2D eigenvalue weighted by Crippen LogP contribution is -1.96. The molecule has 1 aliphatic rings. The predicted molar refractivity (Wildman–Crippen MR) is 67.1 cm³/mol. The van der Waals surface area contributed by atoms with Crippen molar-refractivity contribution in [2.75, 3.05) is 12.3 Å². The van der Waals surface area contributed by atoms with Crippen molar-refractivity contribution in [2.45, 2.75) is 12.8 Å². The van der Waals surface area contributed by atoms with Gasteiger partial charge >= 0.3 is 0 Å². The molecule has 0 bridgehead atoms. The number of hydrogen-bond acceptors (Lipinski definition) is 3. The SMILES string of the molecule is Nc1cc(Cc2cccc3c2OCC3)ccn1. The Morgan fingerprint density at radius 2 is 2.24 bits per heavy atom. The average Bonchev–Trinajstić information content (AvgIpc) is 2.78. The van der Waals surface area contributed by atoms with Crippen LogP contribution in [0, 0.1) is 0 Å². The molecule has 1 aliphatic heterocycles. The van der Waals surface area contributed by atoms with Crippen LogP contribution in [0.5, 0.6) is 5.75 Å². The highest BCUT2D eigenvalue weighted by atomic mass is 16.5. The maximum Gasteiger partial charge on any atom is 0.126 e. The number of pyridine rings is 1. The Morgan fingerprint density at radius 1 is 1.29 bits per heavy atom. The van der Waals surface area contributed by atoms with Crippen LogP contribution in [0.15, 0.2) is 36.5 Å². The highest BCUT2D eigenvalue weighted by Gasteiger charge is 2.15. The van der Waals surface area contributed by atoms with E-state index in [1.807, 2.05) is 12.1 Å². The number of nitrogens with two attached hydrogens (primary N) is 1. The topological polar surface area (TPSA) is 48.1 Å².